The number of piperidine rings is 1. The maximum Gasteiger partial charge on any atom is 0.410 e. The number of methoxy groups -OCH3 is 2. The largest absolute Gasteiger partial charge is 0.480 e. The third kappa shape index (κ3) is 13.4. The topological polar surface area (TPSA) is 204 Å². The SMILES string of the molecule is CC[C@H](C)[C@@H]([C@@H](CC(=O)N1CCC[C@H]1[C@H](OC)[C@@H](C)C(=O)N[C@@H](Cc1ccccc1)C(=O)O)OC)N(C)C(=O)[C@@H](NC(=O)[C@@H]1C2CCC(C2)N1C(=O)CCN(C)C(=O)OC(C)(C)C)C(C)C. The second kappa shape index (κ2) is 23.8. The Morgan fingerprint density at radius 3 is 2.15 bits per heavy atom. The predicted molar refractivity (Wildman–Crippen MR) is 248 cm³/mol. The van der Waals surface area contributed by atoms with Crippen LogP contribution in [0.4, 0.5) is 4.79 Å². The summed E-state index contributed by atoms with van der Waals surface area (Å²) in [6.07, 6.45) is 2.23. The average molecular weight is 927 g/mol. The van der Waals surface area contributed by atoms with E-state index >= 15 is 0 Å². The molecule has 2 heterocycles. The molecule has 17 nitrogen and oxygen atoms in total. The number of aliphatic carboxylic acids is 1. The summed E-state index contributed by atoms with van der Waals surface area (Å²) in [5.41, 5.74) is 0.0827. The number of carbonyl (C=O) groups excluding carboxylic acids is 6. The molecule has 6 amide bonds. The zero-order chi connectivity index (χ0) is 49.2. The molecule has 2 bridgehead atoms. The summed E-state index contributed by atoms with van der Waals surface area (Å²) in [7, 11) is 6.25. The minimum absolute atomic E-state index is 0.0206. The van der Waals surface area contributed by atoms with Crippen molar-refractivity contribution in [2.75, 3.05) is 41.4 Å². The van der Waals surface area contributed by atoms with Crippen LogP contribution >= 0.6 is 0 Å². The van der Waals surface area contributed by atoms with Gasteiger partial charge in [0.1, 0.15) is 23.7 Å². The molecule has 3 N–H and O–H groups in total. The van der Waals surface area contributed by atoms with E-state index in [0.717, 1.165) is 18.4 Å². The Morgan fingerprint density at radius 1 is 0.909 bits per heavy atom. The fourth-order valence-electron chi connectivity index (χ4n) is 10.1. The number of hydrogen-bond acceptors (Lipinski definition) is 10. The molecule has 1 aromatic rings. The Labute approximate surface area is 392 Å². The number of nitrogens with zero attached hydrogens (tertiary/aromatic N) is 4. The van der Waals surface area contributed by atoms with Gasteiger partial charge in [-0.3, -0.25) is 24.0 Å². The maximum absolute atomic E-state index is 14.7. The van der Waals surface area contributed by atoms with Gasteiger partial charge in [0.25, 0.3) is 0 Å². The first kappa shape index (κ1) is 53.8. The van der Waals surface area contributed by atoms with Crippen LogP contribution in [0.5, 0.6) is 0 Å². The lowest BCUT2D eigenvalue weighted by molar-refractivity contribution is -0.149. The van der Waals surface area contributed by atoms with E-state index in [2.05, 4.69) is 10.6 Å². The number of carboxylic acids is 1. The van der Waals surface area contributed by atoms with Gasteiger partial charge in [-0.05, 0) is 76.2 Å². The smallest absolute Gasteiger partial charge is 0.410 e. The summed E-state index contributed by atoms with van der Waals surface area (Å²) in [5.74, 6) is -4.13. The molecule has 0 radical (unpaired) electrons. The Bertz CT molecular complexity index is 1840. The minimum Gasteiger partial charge on any atom is -0.480 e. The fraction of sp³-hybridized carbons (Fsp3) is 0.735. The molecule has 1 aromatic carbocycles. The highest BCUT2D eigenvalue weighted by Crippen LogP contribution is 2.43. The van der Waals surface area contributed by atoms with Crippen LogP contribution in [0.15, 0.2) is 30.3 Å². The number of carboxylic acid groups (broad SMARTS) is 1. The van der Waals surface area contributed by atoms with Gasteiger partial charge in [-0.1, -0.05) is 71.4 Å². The van der Waals surface area contributed by atoms with Crippen LogP contribution in [-0.4, -0.2) is 162 Å². The minimum atomic E-state index is -1.16. The Balaban J connectivity index is 1.46. The summed E-state index contributed by atoms with van der Waals surface area (Å²) in [6, 6.07) is 5.07. The Hall–Kier alpha value is -4.77. The summed E-state index contributed by atoms with van der Waals surface area (Å²) in [6.45, 7) is 15.2. The molecule has 2 saturated heterocycles. The average Bonchev–Trinajstić information content (AvgIpc) is 4.04. The van der Waals surface area contributed by atoms with Gasteiger partial charge >= 0.3 is 12.1 Å². The highest BCUT2D eigenvalue weighted by atomic mass is 16.6. The lowest BCUT2D eigenvalue weighted by atomic mass is 9.89. The van der Waals surface area contributed by atoms with E-state index in [9.17, 15) is 38.7 Å². The van der Waals surface area contributed by atoms with Gasteiger partial charge in [-0.2, -0.15) is 0 Å². The van der Waals surface area contributed by atoms with Gasteiger partial charge in [0.05, 0.1) is 36.6 Å². The number of benzene rings is 1. The Kier molecular flexibility index (Phi) is 19.4. The fourth-order valence-corrected chi connectivity index (χ4v) is 10.1. The zero-order valence-electron chi connectivity index (χ0n) is 41.4. The van der Waals surface area contributed by atoms with Gasteiger partial charge < -0.3 is 49.6 Å². The van der Waals surface area contributed by atoms with E-state index in [0.29, 0.717) is 32.2 Å². The van der Waals surface area contributed by atoms with Crippen molar-refractivity contribution in [3.63, 3.8) is 0 Å². The molecule has 4 rings (SSSR count). The third-order valence-electron chi connectivity index (χ3n) is 13.9. The first-order valence-electron chi connectivity index (χ1n) is 23.8. The Morgan fingerprint density at radius 2 is 1.58 bits per heavy atom. The summed E-state index contributed by atoms with van der Waals surface area (Å²) < 4.78 is 17.4. The van der Waals surface area contributed by atoms with Gasteiger partial charge in [-0.25, -0.2) is 9.59 Å². The summed E-state index contributed by atoms with van der Waals surface area (Å²) in [4.78, 5) is 102. The van der Waals surface area contributed by atoms with Gasteiger partial charge in [0, 0.05) is 60.3 Å². The predicted octanol–water partition coefficient (Wildman–Crippen LogP) is 4.50. The first-order chi connectivity index (χ1) is 31.0. The molecule has 2 aliphatic heterocycles. The number of likely N-dealkylation sites (N-methyl/N-ethyl adjacent to an activating group) is 1. The highest BCUT2D eigenvalue weighted by molar-refractivity contribution is 5.93. The summed E-state index contributed by atoms with van der Waals surface area (Å²) in [5, 5.41) is 15.7. The molecule has 0 spiro atoms. The van der Waals surface area contributed by atoms with Crippen molar-refractivity contribution in [3.8, 4) is 0 Å². The number of fused-ring (bicyclic) bond motifs is 2. The molecule has 2 unspecified atom stereocenters. The van der Waals surface area contributed by atoms with Crippen LogP contribution < -0.4 is 10.6 Å². The van der Waals surface area contributed by atoms with E-state index in [4.69, 9.17) is 14.2 Å². The van der Waals surface area contributed by atoms with E-state index in [1.165, 1.54) is 19.1 Å². The maximum atomic E-state index is 14.7. The summed E-state index contributed by atoms with van der Waals surface area (Å²) >= 11 is 0. The number of rotatable bonds is 22. The monoisotopic (exact) mass is 927 g/mol. The van der Waals surface area contributed by atoms with Crippen molar-refractivity contribution >= 4 is 41.6 Å². The molecule has 1 aliphatic carbocycles. The van der Waals surface area contributed by atoms with Crippen molar-refractivity contribution in [1.82, 2.24) is 30.2 Å². The zero-order valence-corrected chi connectivity index (χ0v) is 41.4. The molecule has 370 valence electrons. The van der Waals surface area contributed by atoms with Crippen LogP contribution in [-0.2, 0) is 49.4 Å². The quantitative estimate of drug-likeness (QED) is 0.148. The normalized spacial score (nSPS) is 22.4. The molecule has 0 aromatic heterocycles. The second-order valence-electron chi connectivity index (χ2n) is 20.0. The molecule has 3 aliphatic rings. The van der Waals surface area contributed by atoms with Crippen LogP contribution in [0.2, 0.25) is 0 Å². The van der Waals surface area contributed by atoms with Crippen LogP contribution in [0.25, 0.3) is 0 Å². The van der Waals surface area contributed by atoms with E-state index in [1.807, 2.05) is 45.9 Å². The molecule has 1 saturated carbocycles. The van der Waals surface area contributed by atoms with Crippen molar-refractivity contribution in [2.24, 2.45) is 23.7 Å². The van der Waals surface area contributed by atoms with Crippen LogP contribution in [0, 0.1) is 23.7 Å². The number of nitrogens with one attached hydrogen (secondary N) is 2. The lowest BCUT2D eigenvalue weighted by Gasteiger charge is -2.41. The third-order valence-corrected chi connectivity index (χ3v) is 13.9. The standard InChI is InChI=1S/C49H78N6O11/c1-13-30(4)41(37(64-11)28-39(57)54-24-17-20-36(54)43(65-12)31(5)44(58)50-35(47(61)62)26-32-18-15-14-16-19-32)53(10)46(60)40(29(2)3)51-45(59)42-33-21-22-34(27-33)55(42)38(56)23-25-52(9)48(63)66-49(6,7)8/h14-16,18-19,29-31,33-37,40-43H,13,17,20-28H2,1-12H3,(H,50,58)(H,51,59)(H,61,62)/t30-,31+,33?,34?,35-,36-,37+,40-,41-,42-,43+/m0/s1. The number of hydrogen-bond donors (Lipinski definition) is 3. The van der Waals surface area contributed by atoms with Crippen molar-refractivity contribution < 1.29 is 52.9 Å². The number of likely N-dealkylation sites (tertiary alicyclic amines) is 2. The molecule has 3 fully saturated rings. The van der Waals surface area contributed by atoms with E-state index in [-0.39, 0.29) is 73.2 Å². The molecule has 17 heteroatoms. The van der Waals surface area contributed by atoms with Crippen LogP contribution in [0.3, 0.4) is 0 Å². The molecular weight excluding hydrogens is 849 g/mol. The van der Waals surface area contributed by atoms with E-state index < -0.39 is 71.9 Å². The van der Waals surface area contributed by atoms with Crippen molar-refractivity contribution in [3.05, 3.63) is 35.9 Å². The number of amides is 6. The van der Waals surface area contributed by atoms with Crippen LogP contribution in [0.1, 0.15) is 112 Å². The molecule has 11 atom stereocenters. The number of ether oxygens (including phenoxy) is 3. The first-order valence-corrected chi connectivity index (χ1v) is 23.8. The van der Waals surface area contributed by atoms with Gasteiger partial charge in [-0.15, -0.1) is 0 Å². The van der Waals surface area contributed by atoms with Gasteiger partial charge in [0.15, 0.2) is 0 Å². The second-order valence-corrected chi connectivity index (χ2v) is 20.0. The van der Waals surface area contributed by atoms with Crippen molar-refractivity contribution in [2.45, 2.75) is 167 Å². The van der Waals surface area contributed by atoms with E-state index in [1.54, 1.807) is 68.6 Å². The lowest BCUT2D eigenvalue weighted by Crippen LogP contribution is -2.60. The molecular formula is C49H78N6O11. The van der Waals surface area contributed by atoms with Crippen molar-refractivity contribution in [1.29, 1.82) is 0 Å². The highest BCUT2D eigenvalue weighted by Gasteiger charge is 2.52. The number of carbonyl (C=O) groups is 7. The van der Waals surface area contributed by atoms with Gasteiger partial charge in [0.2, 0.25) is 29.5 Å². The molecule has 66 heavy (non-hydrogen) atoms.